The molecule has 3 rings (SSSR count). The molecule has 3 nitrogen and oxygen atoms in total. The summed E-state index contributed by atoms with van der Waals surface area (Å²) in [6.07, 6.45) is 8.64. The lowest BCUT2D eigenvalue weighted by Gasteiger charge is -2.23. The summed E-state index contributed by atoms with van der Waals surface area (Å²) >= 11 is 1.86. The SMILES string of the molecule is C[C@@H]1CC[C@H](CSC2=N[C@@H]3CCCC[C@H]3N2)O1. The van der Waals surface area contributed by atoms with Gasteiger partial charge >= 0.3 is 0 Å². The summed E-state index contributed by atoms with van der Waals surface area (Å²) in [5.41, 5.74) is 0. The molecular weight excluding hydrogens is 232 g/mol. The van der Waals surface area contributed by atoms with Crippen LogP contribution in [-0.2, 0) is 4.74 Å². The van der Waals surface area contributed by atoms with Crippen molar-refractivity contribution in [3.8, 4) is 0 Å². The van der Waals surface area contributed by atoms with Crippen LogP contribution in [0, 0.1) is 0 Å². The Morgan fingerprint density at radius 2 is 2.18 bits per heavy atom. The van der Waals surface area contributed by atoms with E-state index in [4.69, 9.17) is 9.73 Å². The molecule has 1 saturated carbocycles. The molecule has 0 aromatic heterocycles. The van der Waals surface area contributed by atoms with Gasteiger partial charge in [0.2, 0.25) is 0 Å². The minimum Gasteiger partial charge on any atom is -0.374 e. The van der Waals surface area contributed by atoms with Gasteiger partial charge in [0.1, 0.15) is 0 Å². The van der Waals surface area contributed by atoms with E-state index in [1.165, 1.54) is 43.7 Å². The van der Waals surface area contributed by atoms with Crippen molar-refractivity contribution in [1.29, 1.82) is 0 Å². The van der Waals surface area contributed by atoms with Gasteiger partial charge < -0.3 is 10.1 Å². The highest BCUT2D eigenvalue weighted by atomic mass is 32.2. The van der Waals surface area contributed by atoms with Gasteiger partial charge in [-0.05, 0) is 32.6 Å². The summed E-state index contributed by atoms with van der Waals surface area (Å²) in [5.74, 6) is 1.07. The Labute approximate surface area is 108 Å². The Bertz CT molecular complexity index is 308. The monoisotopic (exact) mass is 254 g/mol. The minimum absolute atomic E-state index is 0.446. The highest BCUT2D eigenvalue weighted by molar-refractivity contribution is 8.13. The van der Waals surface area contributed by atoms with Crippen molar-refractivity contribution in [2.75, 3.05) is 5.75 Å². The van der Waals surface area contributed by atoms with E-state index in [1.54, 1.807) is 0 Å². The summed E-state index contributed by atoms with van der Waals surface area (Å²) in [5, 5.41) is 4.76. The number of aliphatic imine (C=N–C) groups is 1. The molecule has 2 aliphatic heterocycles. The normalized spacial score (nSPS) is 40.9. The van der Waals surface area contributed by atoms with Crippen molar-refractivity contribution in [3.63, 3.8) is 0 Å². The van der Waals surface area contributed by atoms with E-state index in [-0.39, 0.29) is 0 Å². The predicted octanol–water partition coefficient (Wildman–Crippen LogP) is 2.56. The summed E-state index contributed by atoms with van der Waals surface area (Å²) in [4.78, 5) is 4.80. The number of hydrogen-bond acceptors (Lipinski definition) is 4. The van der Waals surface area contributed by atoms with E-state index in [1.807, 2.05) is 11.8 Å². The van der Waals surface area contributed by atoms with Gasteiger partial charge in [0, 0.05) is 5.75 Å². The van der Waals surface area contributed by atoms with Crippen LogP contribution in [0.3, 0.4) is 0 Å². The maximum Gasteiger partial charge on any atom is 0.157 e. The van der Waals surface area contributed by atoms with E-state index >= 15 is 0 Å². The number of thioether (sulfide) groups is 1. The van der Waals surface area contributed by atoms with E-state index in [0.717, 1.165) is 5.75 Å². The lowest BCUT2D eigenvalue weighted by atomic mass is 9.92. The average Bonchev–Trinajstić information content (AvgIpc) is 2.91. The summed E-state index contributed by atoms with van der Waals surface area (Å²) in [6, 6.07) is 1.20. The van der Waals surface area contributed by atoms with Crippen LogP contribution in [0.1, 0.15) is 45.4 Å². The second kappa shape index (κ2) is 5.19. The van der Waals surface area contributed by atoms with E-state index in [0.29, 0.717) is 24.3 Å². The third kappa shape index (κ3) is 2.79. The lowest BCUT2D eigenvalue weighted by Crippen LogP contribution is -2.36. The number of ether oxygens (including phenoxy) is 1. The molecule has 4 atom stereocenters. The first-order chi connectivity index (χ1) is 8.31. The number of amidine groups is 1. The topological polar surface area (TPSA) is 33.6 Å². The van der Waals surface area contributed by atoms with Gasteiger partial charge in [-0.15, -0.1) is 0 Å². The molecule has 0 amide bonds. The maximum absolute atomic E-state index is 5.84. The fraction of sp³-hybridized carbons (Fsp3) is 0.923. The number of hydrogen-bond donors (Lipinski definition) is 1. The van der Waals surface area contributed by atoms with Crippen LogP contribution in [-0.4, -0.2) is 35.2 Å². The molecule has 0 bridgehead atoms. The molecular formula is C13H22N2OS. The summed E-state index contributed by atoms with van der Waals surface area (Å²) in [6.45, 7) is 2.17. The van der Waals surface area contributed by atoms with Gasteiger partial charge in [-0.25, -0.2) is 0 Å². The van der Waals surface area contributed by atoms with Crippen LogP contribution in [0.4, 0.5) is 0 Å². The Balaban J connectivity index is 1.46. The molecule has 0 spiro atoms. The van der Waals surface area contributed by atoms with Crippen molar-refractivity contribution >= 4 is 16.9 Å². The van der Waals surface area contributed by atoms with Gasteiger partial charge in [-0.2, -0.15) is 0 Å². The molecule has 2 fully saturated rings. The molecule has 1 aliphatic carbocycles. The van der Waals surface area contributed by atoms with Crippen LogP contribution < -0.4 is 5.32 Å². The first-order valence-corrected chi connectivity index (χ1v) is 7.92. The Morgan fingerprint density at radius 3 is 2.94 bits per heavy atom. The molecule has 0 unspecified atom stereocenters. The zero-order valence-electron chi connectivity index (χ0n) is 10.5. The molecule has 2 heterocycles. The van der Waals surface area contributed by atoms with Gasteiger partial charge in [-0.3, -0.25) is 4.99 Å². The van der Waals surface area contributed by atoms with Crippen LogP contribution in [0.25, 0.3) is 0 Å². The Kier molecular flexibility index (Phi) is 3.61. The minimum atomic E-state index is 0.446. The number of nitrogens with zero attached hydrogens (tertiary/aromatic N) is 1. The highest BCUT2D eigenvalue weighted by Gasteiger charge is 2.31. The first-order valence-electron chi connectivity index (χ1n) is 6.94. The van der Waals surface area contributed by atoms with E-state index in [9.17, 15) is 0 Å². The molecule has 96 valence electrons. The molecule has 1 N–H and O–H groups in total. The van der Waals surface area contributed by atoms with Gasteiger partial charge in [0.05, 0.1) is 24.3 Å². The van der Waals surface area contributed by atoms with Crippen LogP contribution in [0.15, 0.2) is 4.99 Å². The third-order valence-electron chi connectivity index (χ3n) is 4.05. The van der Waals surface area contributed by atoms with Crippen molar-refractivity contribution in [2.24, 2.45) is 4.99 Å². The van der Waals surface area contributed by atoms with Crippen molar-refractivity contribution in [3.05, 3.63) is 0 Å². The lowest BCUT2D eigenvalue weighted by molar-refractivity contribution is 0.0701. The van der Waals surface area contributed by atoms with Crippen molar-refractivity contribution < 1.29 is 4.74 Å². The van der Waals surface area contributed by atoms with E-state index < -0.39 is 0 Å². The van der Waals surface area contributed by atoms with Crippen molar-refractivity contribution in [2.45, 2.75) is 69.7 Å². The number of rotatable bonds is 2. The molecule has 3 aliphatic rings. The second-order valence-corrected chi connectivity index (χ2v) is 6.50. The summed E-state index contributed by atoms with van der Waals surface area (Å²) in [7, 11) is 0. The fourth-order valence-corrected chi connectivity index (χ4v) is 4.07. The molecule has 0 aromatic carbocycles. The smallest absolute Gasteiger partial charge is 0.157 e. The maximum atomic E-state index is 5.84. The molecule has 0 aromatic rings. The quantitative estimate of drug-likeness (QED) is 0.822. The van der Waals surface area contributed by atoms with E-state index in [2.05, 4.69) is 12.2 Å². The zero-order valence-corrected chi connectivity index (χ0v) is 11.3. The van der Waals surface area contributed by atoms with Crippen LogP contribution >= 0.6 is 11.8 Å². The van der Waals surface area contributed by atoms with Crippen LogP contribution in [0.5, 0.6) is 0 Å². The van der Waals surface area contributed by atoms with Gasteiger partial charge in [0.25, 0.3) is 0 Å². The Hall–Kier alpha value is -0.220. The Morgan fingerprint density at radius 1 is 1.29 bits per heavy atom. The molecule has 0 radical (unpaired) electrons. The standard InChI is InChI=1S/C13H22N2OS/c1-9-6-7-10(16-9)8-17-13-14-11-4-2-3-5-12(11)15-13/h9-12H,2-8H2,1H3,(H,14,15)/t9-,10-,11-,12-/m1/s1. The first kappa shape index (κ1) is 11.8. The number of nitrogens with one attached hydrogen (secondary N) is 1. The largest absolute Gasteiger partial charge is 0.374 e. The zero-order chi connectivity index (χ0) is 11.7. The predicted molar refractivity (Wildman–Crippen MR) is 72.6 cm³/mol. The fourth-order valence-electron chi connectivity index (χ4n) is 3.04. The molecule has 17 heavy (non-hydrogen) atoms. The molecule has 4 heteroatoms. The second-order valence-electron chi connectivity index (χ2n) is 5.49. The molecule has 1 saturated heterocycles. The third-order valence-corrected chi connectivity index (χ3v) is 5.08. The van der Waals surface area contributed by atoms with Gasteiger partial charge in [-0.1, -0.05) is 24.6 Å². The van der Waals surface area contributed by atoms with Gasteiger partial charge in [0.15, 0.2) is 5.17 Å². The number of fused-ring (bicyclic) bond motifs is 1. The van der Waals surface area contributed by atoms with Crippen molar-refractivity contribution in [1.82, 2.24) is 5.32 Å². The average molecular weight is 254 g/mol. The van der Waals surface area contributed by atoms with Crippen LogP contribution in [0.2, 0.25) is 0 Å². The highest BCUT2D eigenvalue weighted by Crippen LogP contribution is 2.28. The summed E-state index contributed by atoms with van der Waals surface area (Å²) < 4.78 is 5.84.